The summed E-state index contributed by atoms with van der Waals surface area (Å²) >= 11 is 5.61. The molecule has 0 fully saturated rings. The van der Waals surface area contributed by atoms with E-state index in [2.05, 4.69) is 9.97 Å². The van der Waals surface area contributed by atoms with Gasteiger partial charge in [-0.3, -0.25) is 0 Å². The SMILES string of the molecule is CCOC(=O)c1cnc(S(=O)(=O)CC(C)CCl)nc1C. The molecule has 0 amide bonds. The molecular weight excluding hydrogens is 304 g/mol. The van der Waals surface area contributed by atoms with Gasteiger partial charge < -0.3 is 4.74 Å². The van der Waals surface area contributed by atoms with Crippen molar-refractivity contribution in [3.63, 3.8) is 0 Å². The number of halogens is 1. The molecule has 8 heteroatoms. The van der Waals surface area contributed by atoms with Crippen LogP contribution in [0.15, 0.2) is 11.4 Å². The molecule has 0 saturated heterocycles. The number of esters is 1. The number of carbonyl (C=O) groups is 1. The second-order valence-corrected chi connectivity index (χ2v) is 6.65. The number of alkyl halides is 1. The summed E-state index contributed by atoms with van der Waals surface area (Å²) in [5.74, 6) is -0.660. The van der Waals surface area contributed by atoms with Gasteiger partial charge in [-0.05, 0) is 19.8 Å². The fourth-order valence-corrected chi connectivity index (χ4v) is 3.24. The molecule has 0 N–H and O–H groups in total. The number of nitrogens with zero attached hydrogens (tertiary/aromatic N) is 2. The molecule has 0 aliphatic rings. The Labute approximate surface area is 123 Å². The van der Waals surface area contributed by atoms with Crippen molar-refractivity contribution < 1.29 is 17.9 Å². The average molecular weight is 321 g/mol. The van der Waals surface area contributed by atoms with E-state index in [9.17, 15) is 13.2 Å². The van der Waals surface area contributed by atoms with Crippen molar-refractivity contribution >= 4 is 27.4 Å². The number of hydrogen-bond donors (Lipinski definition) is 0. The van der Waals surface area contributed by atoms with Gasteiger partial charge in [-0.15, -0.1) is 11.6 Å². The van der Waals surface area contributed by atoms with E-state index in [1.54, 1.807) is 13.8 Å². The average Bonchev–Trinajstić information content (AvgIpc) is 2.38. The lowest BCUT2D eigenvalue weighted by atomic mass is 10.2. The molecule has 0 aliphatic carbocycles. The first-order valence-electron chi connectivity index (χ1n) is 6.11. The zero-order valence-electron chi connectivity index (χ0n) is 11.6. The van der Waals surface area contributed by atoms with E-state index in [-0.39, 0.29) is 40.6 Å². The largest absolute Gasteiger partial charge is 0.462 e. The van der Waals surface area contributed by atoms with Gasteiger partial charge >= 0.3 is 5.97 Å². The van der Waals surface area contributed by atoms with Crippen molar-refractivity contribution in [3.05, 3.63) is 17.5 Å². The van der Waals surface area contributed by atoms with E-state index < -0.39 is 15.8 Å². The van der Waals surface area contributed by atoms with Crippen LogP contribution in [0.2, 0.25) is 0 Å². The predicted octanol–water partition coefficient (Wildman–Crippen LogP) is 1.61. The molecule has 1 heterocycles. The van der Waals surface area contributed by atoms with Gasteiger partial charge in [0, 0.05) is 12.1 Å². The molecular formula is C12H17ClN2O4S. The third-order valence-electron chi connectivity index (χ3n) is 2.50. The predicted molar refractivity (Wildman–Crippen MR) is 74.7 cm³/mol. The van der Waals surface area contributed by atoms with E-state index >= 15 is 0 Å². The summed E-state index contributed by atoms with van der Waals surface area (Å²) in [5, 5.41) is -0.292. The molecule has 0 aliphatic heterocycles. The number of carbonyl (C=O) groups excluding carboxylic acids is 1. The maximum absolute atomic E-state index is 12.1. The lowest BCUT2D eigenvalue weighted by Crippen LogP contribution is -2.19. The lowest BCUT2D eigenvalue weighted by molar-refractivity contribution is 0.0524. The molecule has 0 aromatic carbocycles. The molecule has 1 atom stereocenters. The van der Waals surface area contributed by atoms with Crippen LogP contribution in [0.3, 0.4) is 0 Å². The Bertz CT molecular complexity index is 589. The van der Waals surface area contributed by atoms with Crippen LogP contribution in [0.25, 0.3) is 0 Å². The fraction of sp³-hybridized carbons (Fsp3) is 0.583. The van der Waals surface area contributed by atoms with Crippen LogP contribution in [0, 0.1) is 12.8 Å². The number of aromatic nitrogens is 2. The van der Waals surface area contributed by atoms with Crippen molar-refractivity contribution in [2.24, 2.45) is 5.92 Å². The van der Waals surface area contributed by atoms with Gasteiger partial charge in [0.25, 0.3) is 0 Å². The van der Waals surface area contributed by atoms with Crippen LogP contribution in [-0.4, -0.2) is 42.6 Å². The molecule has 1 aromatic rings. The van der Waals surface area contributed by atoms with E-state index in [0.717, 1.165) is 0 Å². The molecule has 20 heavy (non-hydrogen) atoms. The Balaban J connectivity index is 3.06. The Morgan fingerprint density at radius 1 is 1.50 bits per heavy atom. The molecule has 1 aromatic heterocycles. The Morgan fingerprint density at radius 3 is 2.65 bits per heavy atom. The molecule has 112 valence electrons. The Morgan fingerprint density at radius 2 is 2.15 bits per heavy atom. The van der Waals surface area contributed by atoms with Crippen molar-refractivity contribution in [1.82, 2.24) is 9.97 Å². The van der Waals surface area contributed by atoms with Crippen LogP contribution >= 0.6 is 11.6 Å². The number of sulfone groups is 1. The minimum atomic E-state index is -3.61. The van der Waals surface area contributed by atoms with Gasteiger partial charge in [0.05, 0.1) is 23.6 Å². The second kappa shape index (κ2) is 6.99. The maximum Gasteiger partial charge on any atom is 0.341 e. The second-order valence-electron chi connectivity index (χ2n) is 4.41. The third kappa shape index (κ3) is 4.14. The first kappa shape index (κ1) is 16.8. The van der Waals surface area contributed by atoms with Gasteiger partial charge in [-0.25, -0.2) is 23.2 Å². The first-order valence-corrected chi connectivity index (χ1v) is 8.30. The number of aryl methyl sites for hydroxylation is 1. The summed E-state index contributed by atoms with van der Waals surface area (Å²) in [6.07, 6.45) is 1.18. The van der Waals surface area contributed by atoms with Crippen LogP contribution in [0.4, 0.5) is 0 Å². The number of rotatable bonds is 6. The topological polar surface area (TPSA) is 86.2 Å². The summed E-state index contributed by atoms with van der Waals surface area (Å²) in [6, 6.07) is 0. The maximum atomic E-state index is 12.1. The van der Waals surface area contributed by atoms with Crippen LogP contribution < -0.4 is 0 Å². The van der Waals surface area contributed by atoms with E-state index in [4.69, 9.17) is 16.3 Å². The summed E-state index contributed by atoms with van der Waals surface area (Å²) in [7, 11) is -3.61. The zero-order valence-corrected chi connectivity index (χ0v) is 13.2. The number of hydrogen-bond acceptors (Lipinski definition) is 6. The third-order valence-corrected chi connectivity index (χ3v) is 4.79. The quantitative estimate of drug-likeness (QED) is 0.449. The van der Waals surface area contributed by atoms with Gasteiger partial charge in [0.2, 0.25) is 15.0 Å². The standard InChI is InChI=1S/C12H17ClN2O4S/c1-4-19-11(16)10-6-14-12(15-9(10)3)20(17,18)7-8(2)5-13/h6,8H,4-5,7H2,1-3H3. The smallest absolute Gasteiger partial charge is 0.341 e. The van der Waals surface area contributed by atoms with Crippen molar-refractivity contribution in [2.75, 3.05) is 18.2 Å². The van der Waals surface area contributed by atoms with Gasteiger partial charge in [-0.2, -0.15) is 0 Å². The highest BCUT2D eigenvalue weighted by atomic mass is 35.5. The highest BCUT2D eigenvalue weighted by Crippen LogP contribution is 2.13. The molecule has 6 nitrogen and oxygen atoms in total. The van der Waals surface area contributed by atoms with Crippen molar-refractivity contribution in [1.29, 1.82) is 0 Å². The molecule has 0 radical (unpaired) electrons. The highest BCUT2D eigenvalue weighted by Gasteiger charge is 2.23. The number of ether oxygens (including phenoxy) is 1. The van der Waals surface area contributed by atoms with Crippen molar-refractivity contribution in [3.8, 4) is 0 Å². The van der Waals surface area contributed by atoms with E-state index in [1.165, 1.54) is 13.1 Å². The van der Waals surface area contributed by atoms with Crippen LogP contribution in [0.5, 0.6) is 0 Å². The minimum absolute atomic E-state index is 0.130. The lowest BCUT2D eigenvalue weighted by Gasteiger charge is -2.09. The van der Waals surface area contributed by atoms with Gasteiger partial charge in [-0.1, -0.05) is 6.92 Å². The summed E-state index contributed by atoms with van der Waals surface area (Å²) in [4.78, 5) is 19.2. The zero-order chi connectivity index (χ0) is 15.3. The molecule has 1 rings (SSSR count). The fourth-order valence-electron chi connectivity index (χ4n) is 1.50. The molecule has 1 unspecified atom stereocenters. The van der Waals surface area contributed by atoms with Gasteiger partial charge in [0.15, 0.2) is 0 Å². The molecule has 0 saturated carbocycles. The van der Waals surface area contributed by atoms with Gasteiger partial charge in [0.1, 0.15) is 0 Å². The van der Waals surface area contributed by atoms with Crippen LogP contribution in [-0.2, 0) is 14.6 Å². The first-order chi connectivity index (χ1) is 9.31. The van der Waals surface area contributed by atoms with Crippen molar-refractivity contribution in [2.45, 2.75) is 25.9 Å². The summed E-state index contributed by atoms with van der Waals surface area (Å²) in [5.41, 5.74) is 0.437. The molecule has 0 spiro atoms. The van der Waals surface area contributed by atoms with E-state index in [1.807, 2.05) is 0 Å². The normalized spacial score (nSPS) is 13.0. The summed E-state index contributed by atoms with van der Waals surface area (Å²) < 4.78 is 29.0. The summed E-state index contributed by atoms with van der Waals surface area (Å²) in [6.45, 7) is 5.17. The highest BCUT2D eigenvalue weighted by molar-refractivity contribution is 7.91. The monoisotopic (exact) mass is 320 g/mol. The van der Waals surface area contributed by atoms with E-state index in [0.29, 0.717) is 0 Å². The van der Waals surface area contributed by atoms with Crippen LogP contribution in [0.1, 0.15) is 29.9 Å². The Kier molecular flexibility index (Phi) is 5.88. The molecule has 0 bridgehead atoms. The minimum Gasteiger partial charge on any atom is -0.462 e. The Hall–Kier alpha value is -1.21.